The molecule has 5 nitrogen and oxygen atoms in total. The summed E-state index contributed by atoms with van der Waals surface area (Å²) in [6.45, 7) is 1.93. The van der Waals surface area contributed by atoms with E-state index in [0.717, 1.165) is 25.7 Å². The summed E-state index contributed by atoms with van der Waals surface area (Å²) >= 11 is 0. The molecule has 0 saturated heterocycles. The number of hydrogen-bond acceptors (Lipinski definition) is 5. The lowest BCUT2D eigenvalue weighted by Crippen LogP contribution is -2.32. The van der Waals surface area contributed by atoms with Crippen molar-refractivity contribution in [1.82, 2.24) is 10.1 Å². The first kappa shape index (κ1) is 13.5. The summed E-state index contributed by atoms with van der Waals surface area (Å²) in [5.74, 6) is 1.14. The van der Waals surface area contributed by atoms with Crippen LogP contribution in [0.1, 0.15) is 57.2 Å². The Morgan fingerprint density at radius 1 is 1.39 bits per heavy atom. The van der Waals surface area contributed by atoms with Crippen molar-refractivity contribution in [3.05, 3.63) is 11.7 Å². The van der Waals surface area contributed by atoms with Crippen molar-refractivity contribution in [2.24, 2.45) is 0 Å². The van der Waals surface area contributed by atoms with Crippen LogP contribution < -0.4 is 0 Å². The molecule has 1 unspecified atom stereocenters. The molecule has 1 heterocycles. The molecule has 1 aliphatic rings. The number of nitrogens with zero attached hydrogens (tertiary/aromatic N) is 2. The summed E-state index contributed by atoms with van der Waals surface area (Å²) < 4.78 is 10.9. The van der Waals surface area contributed by atoms with Crippen LogP contribution in [0.2, 0.25) is 0 Å². The Kier molecular flexibility index (Phi) is 4.35. The van der Waals surface area contributed by atoms with E-state index in [1.807, 2.05) is 6.92 Å². The zero-order valence-corrected chi connectivity index (χ0v) is 11.2. The molecule has 1 N–H and O–H groups in total. The Morgan fingerprint density at radius 2 is 2.11 bits per heavy atom. The van der Waals surface area contributed by atoms with Crippen molar-refractivity contribution in [3.63, 3.8) is 0 Å². The Bertz CT molecular complexity index is 372. The van der Waals surface area contributed by atoms with Gasteiger partial charge in [-0.3, -0.25) is 0 Å². The van der Waals surface area contributed by atoms with Crippen molar-refractivity contribution >= 4 is 0 Å². The van der Waals surface area contributed by atoms with E-state index < -0.39 is 6.10 Å². The third kappa shape index (κ3) is 2.72. The quantitative estimate of drug-likeness (QED) is 0.872. The minimum atomic E-state index is -0.414. The van der Waals surface area contributed by atoms with Gasteiger partial charge in [-0.05, 0) is 19.3 Å². The molecule has 1 fully saturated rings. The molecular weight excluding hydrogens is 232 g/mol. The van der Waals surface area contributed by atoms with Crippen LogP contribution in [-0.2, 0) is 16.8 Å². The number of aliphatic hydroxyl groups is 1. The van der Waals surface area contributed by atoms with Gasteiger partial charge in [-0.15, -0.1) is 0 Å². The van der Waals surface area contributed by atoms with Crippen LogP contribution in [0.25, 0.3) is 0 Å². The van der Waals surface area contributed by atoms with Gasteiger partial charge in [0.2, 0.25) is 11.7 Å². The normalized spacial score (nSPS) is 20.8. The summed E-state index contributed by atoms with van der Waals surface area (Å²) in [5.41, 5.74) is -0.378. The standard InChI is InChI=1S/C13H22N2O3/c1-3-10(16)9-11-14-12(15-18-11)13(17-2)7-5-4-6-8-13/h10,16H,3-9H2,1-2H3. The fourth-order valence-corrected chi connectivity index (χ4v) is 2.51. The van der Waals surface area contributed by atoms with Crippen molar-refractivity contribution in [2.75, 3.05) is 7.11 Å². The first-order chi connectivity index (χ1) is 8.70. The lowest BCUT2D eigenvalue weighted by Gasteiger charge is -2.32. The highest BCUT2D eigenvalue weighted by Gasteiger charge is 2.38. The van der Waals surface area contributed by atoms with E-state index >= 15 is 0 Å². The lowest BCUT2D eigenvalue weighted by atomic mass is 9.84. The van der Waals surface area contributed by atoms with E-state index in [9.17, 15) is 5.11 Å². The van der Waals surface area contributed by atoms with Gasteiger partial charge in [-0.2, -0.15) is 4.98 Å². The van der Waals surface area contributed by atoms with E-state index in [1.54, 1.807) is 7.11 Å². The van der Waals surface area contributed by atoms with Crippen LogP contribution in [0.15, 0.2) is 4.52 Å². The minimum Gasteiger partial charge on any atom is -0.393 e. The first-order valence-corrected chi connectivity index (χ1v) is 6.76. The number of aliphatic hydroxyl groups excluding tert-OH is 1. The molecule has 0 spiro atoms. The van der Waals surface area contributed by atoms with Crippen LogP contribution in [0, 0.1) is 0 Å². The van der Waals surface area contributed by atoms with Gasteiger partial charge in [0.05, 0.1) is 12.5 Å². The summed E-state index contributed by atoms with van der Waals surface area (Å²) in [6.07, 6.45) is 6.09. The predicted molar refractivity (Wildman–Crippen MR) is 66.1 cm³/mol. The second-order valence-corrected chi connectivity index (χ2v) is 5.04. The van der Waals surface area contributed by atoms with Gasteiger partial charge in [-0.25, -0.2) is 0 Å². The van der Waals surface area contributed by atoms with Gasteiger partial charge in [0, 0.05) is 7.11 Å². The number of ether oxygens (including phenoxy) is 1. The van der Waals surface area contributed by atoms with Crippen molar-refractivity contribution in [3.8, 4) is 0 Å². The number of methoxy groups -OCH3 is 1. The van der Waals surface area contributed by atoms with E-state index in [2.05, 4.69) is 10.1 Å². The number of aromatic nitrogens is 2. The SMILES string of the molecule is CCC(O)Cc1nc(C2(OC)CCCCC2)no1. The average Bonchev–Trinajstić information content (AvgIpc) is 2.88. The lowest BCUT2D eigenvalue weighted by molar-refractivity contribution is -0.0527. The summed E-state index contributed by atoms with van der Waals surface area (Å²) in [4.78, 5) is 4.40. The zero-order chi connectivity index (χ0) is 13.0. The van der Waals surface area contributed by atoms with Crippen molar-refractivity contribution in [2.45, 2.75) is 63.6 Å². The van der Waals surface area contributed by atoms with E-state index in [-0.39, 0.29) is 5.60 Å². The predicted octanol–water partition coefficient (Wildman–Crippen LogP) is 2.19. The average molecular weight is 254 g/mol. The van der Waals surface area contributed by atoms with E-state index in [4.69, 9.17) is 9.26 Å². The van der Waals surface area contributed by atoms with Crippen LogP contribution in [-0.4, -0.2) is 28.5 Å². The molecule has 5 heteroatoms. The van der Waals surface area contributed by atoms with Crippen molar-refractivity contribution in [1.29, 1.82) is 0 Å². The molecule has 2 rings (SSSR count). The number of hydrogen-bond donors (Lipinski definition) is 1. The molecule has 0 aromatic carbocycles. The highest BCUT2D eigenvalue weighted by Crippen LogP contribution is 2.38. The second-order valence-electron chi connectivity index (χ2n) is 5.04. The van der Waals surface area contributed by atoms with Gasteiger partial charge in [0.1, 0.15) is 5.60 Å². The molecule has 1 aliphatic carbocycles. The molecular formula is C13H22N2O3. The molecule has 1 saturated carbocycles. The molecule has 1 aromatic rings. The maximum atomic E-state index is 9.59. The Morgan fingerprint density at radius 3 is 2.72 bits per heavy atom. The van der Waals surface area contributed by atoms with E-state index in [0.29, 0.717) is 24.6 Å². The largest absolute Gasteiger partial charge is 0.393 e. The maximum absolute atomic E-state index is 9.59. The minimum absolute atomic E-state index is 0.378. The van der Waals surface area contributed by atoms with Crippen LogP contribution in [0.3, 0.4) is 0 Å². The first-order valence-electron chi connectivity index (χ1n) is 6.76. The Balaban J connectivity index is 2.12. The second kappa shape index (κ2) is 5.80. The number of rotatable bonds is 5. The molecule has 102 valence electrons. The highest BCUT2D eigenvalue weighted by atomic mass is 16.5. The fourth-order valence-electron chi connectivity index (χ4n) is 2.51. The molecule has 18 heavy (non-hydrogen) atoms. The maximum Gasteiger partial charge on any atom is 0.229 e. The summed E-state index contributed by atoms with van der Waals surface area (Å²) in [6, 6.07) is 0. The summed E-state index contributed by atoms with van der Waals surface area (Å²) in [5, 5.41) is 13.6. The van der Waals surface area contributed by atoms with Gasteiger partial charge < -0.3 is 14.4 Å². The van der Waals surface area contributed by atoms with Crippen LogP contribution >= 0.6 is 0 Å². The highest BCUT2D eigenvalue weighted by molar-refractivity contribution is 5.03. The topological polar surface area (TPSA) is 68.4 Å². The van der Waals surface area contributed by atoms with Gasteiger partial charge in [-0.1, -0.05) is 31.3 Å². The van der Waals surface area contributed by atoms with Gasteiger partial charge in [0.15, 0.2) is 0 Å². The van der Waals surface area contributed by atoms with Crippen molar-refractivity contribution < 1.29 is 14.4 Å². The third-order valence-electron chi connectivity index (χ3n) is 3.81. The smallest absolute Gasteiger partial charge is 0.229 e. The van der Waals surface area contributed by atoms with E-state index in [1.165, 1.54) is 6.42 Å². The summed E-state index contributed by atoms with van der Waals surface area (Å²) in [7, 11) is 1.71. The zero-order valence-electron chi connectivity index (χ0n) is 11.2. The van der Waals surface area contributed by atoms with Crippen LogP contribution in [0.5, 0.6) is 0 Å². The third-order valence-corrected chi connectivity index (χ3v) is 3.81. The molecule has 0 amide bonds. The molecule has 1 aromatic heterocycles. The molecule has 1 atom stereocenters. The van der Waals surface area contributed by atoms with Gasteiger partial charge in [0.25, 0.3) is 0 Å². The molecule has 0 aliphatic heterocycles. The Labute approximate surface area is 108 Å². The fraction of sp³-hybridized carbons (Fsp3) is 0.846. The van der Waals surface area contributed by atoms with Crippen LogP contribution in [0.4, 0.5) is 0 Å². The van der Waals surface area contributed by atoms with Gasteiger partial charge >= 0.3 is 0 Å². The molecule has 0 radical (unpaired) electrons. The molecule has 0 bridgehead atoms. The monoisotopic (exact) mass is 254 g/mol. The Hall–Kier alpha value is -0.940.